The van der Waals surface area contributed by atoms with Crippen LogP contribution in [0.2, 0.25) is 0 Å². The molecule has 0 radical (unpaired) electrons. The number of carbonyl (C=O) groups excluding carboxylic acids is 2. The molecule has 0 spiro atoms. The second-order valence-corrected chi connectivity index (χ2v) is 12.0. The van der Waals surface area contributed by atoms with E-state index in [4.69, 9.17) is 28.4 Å². The zero-order valence-corrected chi connectivity index (χ0v) is 30.9. The van der Waals surface area contributed by atoms with Crippen molar-refractivity contribution < 1.29 is 38.0 Å². The molecule has 0 unspecified atom stereocenters. The van der Waals surface area contributed by atoms with Gasteiger partial charge in [-0.15, -0.1) is 0 Å². The molecule has 4 rings (SSSR count). The second kappa shape index (κ2) is 24.2. The Hall–Kier alpha value is -6.04. The fourth-order valence-corrected chi connectivity index (χ4v) is 4.82. The van der Waals surface area contributed by atoms with Gasteiger partial charge in [0, 0.05) is 12.2 Å². The molecule has 0 fully saturated rings. The van der Waals surface area contributed by atoms with Gasteiger partial charge in [-0.1, -0.05) is 0 Å². The van der Waals surface area contributed by atoms with Crippen LogP contribution in [0.3, 0.4) is 0 Å². The van der Waals surface area contributed by atoms with E-state index in [1.54, 1.807) is 14.2 Å². The minimum absolute atomic E-state index is 0.290. The Bertz CT molecular complexity index is 1630. The molecule has 54 heavy (non-hydrogen) atoms. The summed E-state index contributed by atoms with van der Waals surface area (Å²) in [6.07, 6.45) is 9.10. The topological polar surface area (TPSA) is 139 Å². The molecule has 0 bridgehead atoms. The number of carbonyl (C=O) groups is 2. The Balaban J connectivity index is 0.933. The average molecular weight is 737 g/mol. The Labute approximate surface area is 316 Å². The van der Waals surface area contributed by atoms with Crippen LogP contribution < -0.4 is 18.9 Å². The summed E-state index contributed by atoms with van der Waals surface area (Å²) in [7, 11) is 3.24. The summed E-state index contributed by atoms with van der Waals surface area (Å²) < 4.78 is 32.3. The number of esters is 2. The van der Waals surface area contributed by atoms with Gasteiger partial charge in [-0.05, 0) is 148 Å². The number of hydrogen-bond donors (Lipinski definition) is 0. The fraction of sp³-hybridized carbons (Fsp3) is 0.333. The zero-order valence-electron chi connectivity index (χ0n) is 30.9. The van der Waals surface area contributed by atoms with Crippen LogP contribution in [0.5, 0.6) is 23.0 Å². The van der Waals surface area contributed by atoms with Gasteiger partial charge in [-0.3, -0.25) is 0 Å². The highest BCUT2D eigenvalue weighted by Gasteiger charge is 2.03. The van der Waals surface area contributed by atoms with E-state index in [2.05, 4.69) is 20.5 Å². The average Bonchev–Trinajstić information content (AvgIpc) is 3.21. The molecule has 4 aromatic rings. The van der Waals surface area contributed by atoms with Gasteiger partial charge in [-0.2, -0.15) is 20.5 Å². The number of rotatable bonds is 24. The number of ether oxygens (including phenoxy) is 6. The number of nitrogens with zero attached hydrogens (tertiary/aromatic N) is 4. The van der Waals surface area contributed by atoms with E-state index in [-0.39, 0.29) is 13.2 Å². The normalized spacial score (nSPS) is 11.2. The van der Waals surface area contributed by atoms with Crippen LogP contribution in [0.15, 0.2) is 130 Å². The van der Waals surface area contributed by atoms with E-state index in [9.17, 15) is 9.59 Å². The second-order valence-electron chi connectivity index (χ2n) is 12.0. The first kappa shape index (κ1) is 40.7. The molecule has 0 saturated heterocycles. The standard InChI is InChI=1S/C42H48N4O8/c1-49-37-19-11-33(12-20-37)43-45-35-15-23-39(24-16-35)51-29-7-3-5-9-31-53-41(47)27-28-42(48)54-32-10-6-4-8-30-52-40-25-17-36(18-26-40)46-44-34-13-21-38(50-2)22-14-34/h11-28H,3-10,29-32H2,1-2H3/b28-27+,45-43?,46-44?. The van der Waals surface area contributed by atoms with Gasteiger partial charge in [0.25, 0.3) is 0 Å². The molecular formula is C42H48N4O8. The lowest BCUT2D eigenvalue weighted by Crippen LogP contribution is -2.06. The minimum atomic E-state index is -0.560. The molecule has 0 heterocycles. The van der Waals surface area contributed by atoms with Crippen LogP contribution in [0.1, 0.15) is 51.4 Å². The van der Waals surface area contributed by atoms with E-state index < -0.39 is 11.9 Å². The molecule has 0 aliphatic carbocycles. The van der Waals surface area contributed by atoms with Gasteiger partial charge in [0.1, 0.15) is 23.0 Å². The van der Waals surface area contributed by atoms with Crippen molar-refractivity contribution in [2.45, 2.75) is 51.4 Å². The lowest BCUT2D eigenvalue weighted by molar-refractivity contribution is -0.140. The summed E-state index contributed by atoms with van der Waals surface area (Å²) in [6, 6.07) is 29.6. The van der Waals surface area contributed by atoms with Crippen molar-refractivity contribution in [1.29, 1.82) is 0 Å². The molecular weight excluding hydrogens is 688 g/mol. The van der Waals surface area contributed by atoms with Crippen molar-refractivity contribution in [3.63, 3.8) is 0 Å². The minimum Gasteiger partial charge on any atom is -0.497 e. The predicted molar refractivity (Wildman–Crippen MR) is 206 cm³/mol. The number of methoxy groups -OCH3 is 2. The predicted octanol–water partition coefficient (Wildman–Crippen LogP) is 10.8. The summed E-state index contributed by atoms with van der Waals surface area (Å²) in [6.45, 7) is 1.75. The summed E-state index contributed by atoms with van der Waals surface area (Å²) >= 11 is 0. The van der Waals surface area contributed by atoms with E-state index in [0.29, 0.717) is 13.2 Å². The fourth-order valence-electron chi connectivity index (χ4n) is 4.82. The molecule has 0 aromatic heterocycles. The van der Waals surface area contributed by atoms with Crippen molar-refractivity contribution in [2.75, 3.05) is 40.6 Å². The molecule has 0 amide bonds. The highest BCUT2D eigenvalue weighted by atomic mass is 16.5. The largest absolute Gasteiger partial charge is 0.497 e. The molecule has 0 aliphatic rings. The lowest BCUT2D eigenvalue weighted by atomic mass is 10.2. The Morgan fingerprint density at radius 1 is 0.407 bits per heavy atom. The molecule has 0 N–H and O–H groups in total. The summed E-state index contributed by atoms with van der Waals surface area (Å²) in [5.74, 6) is 1.96. The third-order valence-electron chi connectivity index (χ3n) is 7.84. The van der Waals surface area contributed by atoms with Crippen LogP contribution in [-0.2, 0) is 19.1 Å². The van der Waals surface area contributed by atoms with E-state index >= 15 is 0 Å². The third kappa shape index (κ3) is 16.5. The van der Waals surface area contributed by atoms with Crippen molar-refractivity contribution >= 4 is 34.7 Å². The quantitative estimate of drug-likeness (QED) is 0.0300. The highest BCUT2D eigenvalue weighted by Crippen LogP contribution is 2.25. The molecule has 4 aromatic carbocycles. The smallest absolute Gasteiger partial charge is 0.331 e. The van der Waals surface area contributed by atoms with E-state index in [1.165, 1.54) is 0 Å². The van der Waals surface area contributed by atoms with Crippen molar-refractivity contribution in [2.24, 2.45) is 20.5 Å². The third-order valence-corrected chi connectivity index (χ3v) is 7.84. The Kier molecular flexibility index (Phi) is 18.3. The molecule has 0 atom stereocenters. The molecule has 0 aliphatic heterocycles. The SMILES string of the molecule is COc1ccc(N=Nc2ccc(OCCCCCCOC(=O)/C=C/C(=O)OCCCCCCOc3ccc(N=Nc4ccc(OC)cc4)cc3)cc2)cc1. The zero-order chi connectivity index (χ0) is 38.1. The molecule has 284 valence electrons. The summed E-state index contributed by atoms with van der Waals surface area (Å²) in [5.41, 5.74) is 2.95. The molecule has 0 saturated carbocycles. The van der Waals surface area contributed by atoms with E-state index in [1.807, 2.05) is 97.1 Å². The summed E-state index contributed by atoms with van der Waals surface area (Å²) in [4.78, 5) is 23.8. The van der Waals surface area contributed by atoms with E-state index in [0.717, 1.165) is 109 Å². The molecule has 12 nitrogen and oxygen atoms in total. The van der Waals surface area contributed by atoms with Gasteiger partial charge in [0.05, 0.1) is 63.4 Å². The van der Waals surface area contributed by atoms with Crippen molar-refractivity contribution in [3.05, 3.63) is 109 Å². The summed E-state index contributed by atoms with van der Waals surface area (Å²) in [5, 5.41) is 16.9. The number of hydrogen-bond acceptors (Lipinski definition) is 12. The maximum Gasteiger partial charge on any atom is 0.331 e. The number of azo groups is 2. The van der Waals surface area contributed by atoms with Crippen LogP contribution in [0, 0.1) is 0 Å². The first-order valence-electron chi connectivity index (χ1n) is 18.1. The van der Waals surface area contributed by atoms with Gasteiger partial charge < -0.3 is 28.4 Å². The van der Waals surface area contributed by atoms with Crippen LogP contribution >= 0.6 is 0 Å². The molecule has 12 heteroatoms. The first-order chi connectivity index (χ1) is 26.5. The van der Waals surface area contributed by atoms with Crippen LogP contribution in [0.25, 0.3) is 0 Å². The van der Waals surface area contributed by atoms with Gasteiger partial charge >= 0.3 is 11.9 Å². The lowest BCUT2D eigenvalue weighted by Gasteiger charge is -2.07. The van der Waals surface area contributed by atoms with Crippen molar-refractivity contribution in [3.8, 4) is 23.0 Å². The van der Waals surface area contributed by atoms with Gasteiger partial charge in [0.2, 0.25) is 0 Å². The van der Waals surface area contributed by atoms with Gasteiger partial charge in [0.15, 0.2) is 0 Å². The Morgan fingerprint density at radius 2 is 0.685 bits per heavy atom. The highest BCUT2D eigenvalue weighted by molar-refractivity contribution is 5.91. The van der Waals surface area contributed by atoms with Crippen LogP contribution in [-0.4, -0.2) is 52.6 Å². The monoisotopic (exact) mass is 736 g/mol. The maximum absolute atomic E-state index is 11.9. The number of benzene rings is 4. The first-order valence-corrected chi connectivity index (χ1v) is 18.1. The Morgan fingerprint density at radius 3 is 0.981 bits per heavy atom. The van der Waals surface area contributed by atoms with Crippen molar-refractivity contribution in [1.82, 2.24) is 0 Å². The van der Waals surface area contributed by atoms with Gasteiger partial charge in [-0.25, -0.2) is 9.59 Å². The van der Waals surface area contributed by atoms with Crippen LogP contribution in [0.4, 0.5) is 22.7 Å². The maximum atomic E-state index is 11.9. The number of unbranched alkanes of at least 4 members (excludes halogenated alkanes) is 6.